The van der Waals surface area contributed by atoms with Gasteiger partial charge in [0, 0.05) is 12.4 Å². The minimum absolute atomic E-state index is 0.0602. The van der Waals surface area contributed by atoms with E-state index in [0.717, 1.165) is 6.20 Å². The summed E-state index contributed by atoms with van der Waals surface area (Å²) in [5.74, 6) is 0. The van der Waals surface area contributed by atoms with Crippen molar-refractivity contribution in [1.29, 1.82) is 0 Å². The van der Waals surface area contributed by atoms with Crippen molar-refractivity contribution in [1.82, 2.24) is 4.98 Å². The van der Waals surface area contributed by atoms with Crippen molar-refractivity contribution in [2.75, 3.05) is 0 Å². The van der Waals surface area contributed by atoms with E-state index in [1.54, 1.807) is 0 Å². The van der Waals surface area contributed by atoms with Crippen LogP contribution in [0.5, 0.6) is 0 Å². The molecule has 0 radical (unpaired) electrons. The summed E-state index contributed by atoms with van der Waals surface area (Å²) < 4.78 is 25.3. The van der Waals surface area contributed by atoms with Crippen molar-refractivity contribution in [3.63, 3.8) is 0 Å². The molecule has 4 nitrogen and oxygen atoms in total. The van der Waals surface area contributed by atoms with Gasteiger partial charge in [0.1, 0.15) is 4.90 Å². The first-order valence-corrected chi connectivity index (χ1v) is 4.34. The van der Waals surface area contributed by atoms with Gasteiger partial charge in [-0.1, -0.05) is 0 Å². The van der Waals surface area contributed by atoms with E-state index in [4.69, 9.17) is 11.9 Å². The molecule has 60 valence electrons. The zero-order valence-corrected chi connectivity index (χ0v) is 6.84. The second-order valence-electron chi connectivity index (χ2n) is 1.71. The van der Waals surface area contributed by atoms with E-state index in [-0.39, 0.29) is 4.90 Å². The van der Waals surface area contributed by atoms with Crippen LogP contribution in [-0.2, 0) is 13.9 Å². The van der Waals surface area contributed by atoms with Gasteiger partial charge in [-0.15, -0.1) is 0 Å². The van der Waals surface area contributed by atoms with Crippen molar-refractivity contribution >= 4 is 22.0 Å². The molecule has 0 saturated heterocycles. The number of nitrogens with zero attached hydrogens (tertiary/aromatic N) is 1. The quantitative estimate of drug-likeness (QED) is 0.702. The molecule has 6 heteroatoms. The number of hydrogen-bond acceptors (Lipinski definition) is 4. The van der Waals surface area contributed by atoms with E-state index in [9.17, 15) is 8.42 Å². The lowest BCUT2D eigenvalue weighted by Gasteiger charge is -1.95. The van der Waals surface area contributed by atoms with Crippen LogP contribution in [0.3, 0.4) is 0 Å². The lowest BCUT2D eigenvalue weighted by molar-refractivity contribution is 0.508. The van der Waals surface area contributed by atoms with Gasteiger partial charge in [-0.25, -0.2) is 0 Å². The maximum Gasteiger partial charge on any atom is 0.314 e. The van der Waals surface area contributed by atoms with Crippen molar-refractivity contribution in [3.05, 3.63) is 24.5 Å². The number of hydrogen-bond donors (Lipinski definition) is 0. The van der Waals surface area contributed by atoms with Crippen molar-refractivity contribution in [2.24, 2.45) is 0 Å². The van der Waals surface area contributed by atoms with Crippen LogP contribution in [-0.4, -0.2) is 13.4 Å². The number of rotatable bonds is 2. The highest BCUT2D eigenvalue weighted by Crippen LogP contribution is 2.10. The lowest BCUT2D eigenvalue weighted by Crippen LogP contribution is -1.99. The molecule has 0 aliphatic carbocycles. The predicted molar refractivity (Wildman–Crippen MR) is 38.4 cm³/mol. The highest BCUT2D eigenvalue weighted by atomic mass is 35.5. The molecule has 1 aromatic heterocycles. The van der Waals surface area contributed by atoms with Gasteiger partial charge in [-0.3, -0.25) is 4.98 Å². The summed E-state index contributed by atoms with van der Waals surface area (Å²) in [6.07, 6.45) is 2.60. The van der Waals surface area contributed by atoms with Crippen LogP contribution < -0.4 is 0 Å². The van der Waals surface area contributed by atoms with Gasteiger partial charge in [-0.05, 0) is 12.1 Å². The molecule has 0 aromatic carbocycles. The molecule has 0 N–H and O–H groups in total. The fourth-order valence-electron chi connectivity index (χ4n) is 0.531. The van der Waals surface area contributed by atoms with E-state index >= 15 is 0 Å². The summed E-state index contributed by atoms with van der Waals surface area (Å²) in [5.41, 5.74) is 0. The topological polar surface area (TPSA) is 56.3 Å². The zero-order chi connectivity index (χ0) is 8.32. The maximum absolute atomic E-state index is 10.8. The maximum atomic E-state index is 10.8. The second kappa shape index (κ2) is 3.17. The number of aromatic nitrogens is 1. The van der Waals surface area contributed by atoms with Gasteiger partial charge in [0.05, 0.1) is 11.9 Å². The SMILES string of the molecule is O=S(=O)(OCl)c1cccnc1. The minimum atomic E-state index is -3.80. The summed E-state index contributed by atoms with van der Waals surface area (Å²) in [4.78, 5) is 3.52. The Labute approximate surface area is 69.1 Å². The second-order valence-corrected chi connectivity index (χ2v) is 3.59. The van der Waals surface area contributed by atoms with E-state index in [1.807, 2.05) is 0 Å². The molecule has 0 aliphatic rings. The molecule has 1 rings (SSSR count). The Hall–Kier alpha value is -0.650. The average molecular weight is 194 g/mol. The van der Waals surface area contributed by atoms with E-state index in [1.165, 1.54) is 18.3 Å². The van der Waals surface area contributed by atoms with E-state index in [2.05, 4.69) is 8.72 Å². The third kappa shape index (κ3) is 1.89. The normalized spacial score (nSPS) is 11.4. The zero-order valence-electron chi connectivity index (χ0n) is 5.27. The van der Waals surface area contributed by atoms with Gasteiger partial charge in [0.15, 0.2) is 0 Å². The van der Waals surface area contributed by atoms with Crippen LogP contribution in [0.25, 0.3) is 0 Å². The molecule has 0 unspecified atom stereocenters. The summed E-state index contributed by atoms with van der Waals surface area (Å²) in [5, 5.41) is 0. The van der Waals surface area contributed by atoms with E-state index in [0.29, 0.717) is 0 Å². The first-order valence-electron chi connectivity index (χ1n) is 2.62. The third-order valence-corrected chi connectivity index (χ3v) is 2.49. The van der Waals surface area contributed by atoms with Crippen molar-refractivity contribution < 1.29 is 12.2 Å². The van der Waals surface area contributed by atoms with Crippen LogP contribution in [0.4, 0.5) is 0 Å². The molecule has 0 spiro atoms. The Balaban J connectivity index is 3.14. The van der Waals surface area contributed by atoms with Crippen LogP contribution in [0.15, 0.2) is 29.4 Å². The molecule has 0 saturated carbocycles. The molecule has 1 heterocycles. The van der Waals surface area contributed by atoms with Crippen LogP contribution >= 0.6 is 11.9 Å². The molecule has 11 heavy (non-hydrogen) atoms. The lowest BCUT2D eigenvalue weighted by atomic mass is 10.5. The Morgan fingerprint density at radius 3 is 2.73 bits per heavy atom. The van der Waals surface area contributed by atoms with Gasteiger partial charge >= 0.3 is 10.1 Å². The van der Waals surface area contributed by atoms with Gasteiger partial charge in [0.25, 0.3) is 0 Å². The van der Waals surface area contributed by atoms with Gasteiger partial charge in [0.2, 0.25) is 0 Å². The van der Waals surface area contributed by atoms with Crippen molar-refractivity contribution in [3.8, 4) is 0 Å². The number of pyridine rings is 1. The Bertz CT molecular complexity index is 323. The van der Waals surface area contributed by atoms with Crippen molar-refractivity contribution in [2.45, 2.75) is 4.90 Å². The molecule has 1 aromatic rings. The molecule has 0 aliphatic heterocycles. The predicted octanol–water partition coefficient (Wildman–Crippen LogP) is 0.941. The monoisotopic (exact) mass is 193 g/mol. The Kier molecular flexibility index (Phi) is 2.43. The first kappa shape index (κ1) is 8.45. The fourth-order valence-corrected chi connectivity index (χ4v) is 1.26. The fraction of sp³-hybridized carbons (Fsp3) is 0. The molecular weight excluding hydrogens is 190 g/mol. The molecule has 0 fully saturated rings. The van der Waals surface area contributed by atoms with E-state index < -0.39 is 10.1 Å². The largest absolute Gasteiger partial charge is 0.314 e. The summed E-state index contributed by atoms with van der Waals surface area (Å²) in [6, 6.07) is 2.81. The molecule has 0 amide bonds. The third-order valence-electron chi connectivity index (χ3n) is 1.01. The van der Waals surface area contributed by atoms with Gasteiger partial charge in [-0.2, -0.15) is 12.2 Å². The minimum Gasteiger partial charge on any atom is -0.263 e. The Morgan fingerprint density at radius 2 is 2.27 bits per heavy atom. The molecular formula is C5H4ClNO3S. The standard InChI is InChI=1S/C5H4ClNO3S/c6-10-11(8,9)5-2-1-3-7-4-5/h1-4H. The molecule has 0 bridgehead atoms. The average Bonchev–Trinajstić information content (AvgIpc) is 2.06. The highest BCUT2D eigenvalue weighted by Gasteiger charge is 2.13. The summed E-state index contributed by atoms with van der Waals surface area (Å²) >= 11 is 4.71. The van der Waals surface area contributed by atoms with Crippen LogP contribution in [0.2, 0.25) is 0 Å². The van der Waals surface area contributed by atoms with Crippen LogP contribution in [0.1, 0.15) is 0 Å². The smallest absolute Gasteiger partial charge is 0.263 e. The highest BCUT2D eigenvalue weighted by molar-refractivity contribution is 7.87. The molecule has 0 atom stereocenters. The van der Waals surface area contributed by atoms with Gasteiger partial charge < -0.3 is 0 Å². The summed E-state index contributed by atoms with van der Waals surface area (Å²) in [6.45, 7) is 0. The first-order chi connectivity index (χ1) is 5.17. The number of halogens is 1. The Morgan fingerprint density at radius 1 is 1.55 bits per heavy atom. The summed E-state index contributed by atoms with van der Waals surface area (Å²) in [7, 11) is -3.80. The van der Waals surface area contributed by atoms with Crippen LogP contribution in [0, 0.1) is 0 Å².